The Hall–Kier alpha value is -2.17. The van der Waals surface area contributed by atoms with E-state index in [1.165, 1.54) is 0 Å². The van der Waals surface area contributed by atoms with E-state index in [1.54, 1.807) is 16.4 Å². The molecule has 0 atom stereocenters. The minimum atomic E-state index is -3.56. The monoisotopic (exact) mass is 339 g/mol. The Bertz CT molecular complexity index is 934. The van der Waals surface area contributed by atoms with Crippen LogP contribution >= 0.6 is 0 Å². The number of rotatable bonds is 5. The number of sulfonamides is 1. The molecule has 0 amide bonds. The highest BCUT2D eigenvalue weighted by Crippen LogP contribution is 2.24. The van der Waals surface area contributed by atoms with Crippen molar-refractivity contribution in [3.63, 3.8) is 0 Å². The Balaban J connectivity index is 2.01. The molecule has 0 saturated carbocycles. The SMILES string of the molecule is CC(C)N(Cc1ccccc1)S(=O)(=O)c1ccc2ccccc2c1. The first kappa shape index (κ1) is 16.7. The number of nitrogens with zero attached hydrogens (tertiary/aromatic N) is 1. The molecule has 3 rings (SSSR count). The van der Waals surface area contributed by atoms with Crippen molar-refractivity contribution >= 4 is 20.8 Å². The van der Waals surface area contributed by atoms with Crippen molar-refractivity contribution in [3.05, 3.63) is 78.4 Å². The van der Waals surface area contributed by atoms with Crippen LogP contribution in [-0.4, -0.2) is 18.8 Å². The third-order valence-corrected chi connectivity index (χ3v) is 6.10. The van der Waals surface area contributed by atoms with E-state index in [-0.39, 0.29) is 6.04 Å². The summed E-state index contributed by atoms with van der Waals surface area (Å²) in [5.74, 6) is 0. The van der Waals surface area contributed by atoms with E-state index >= 15 is 0 Å². The van der Waals surface area contributed by atoms with E-state index in [0.717, 1.165) is 16.3 Å². The molecule has 0 saturated heterocycles. The maximum absolute atomic E-state index is 13.1. The fourth-order valence-electron chi connectivity index (χ4n) is 2.77. The van der Waals surface area contributed by atoms with Gasteiger partial charge in [0, 0.05) is 12.6 Å². The van der Waals surface area contributed by atoms with Crippen LogP contribution in [-0.2, 0) is 16.6 Å². The molecule has 0 aromatic heterocycles. The number of hydrogen-bond acceptors (Lipinski definition) is 2. The zero-order chi connectivity index (χ0) is 17.2. The molecule has 0 aliphatic heterocycles. The molecule has 0 N–H and O–H groups in total. The van der Waals surface area contributed by atoms with Gasteiger partial charge in [-0.1, -0.05) is 60.7 Å². The lowest BCUT2D eigenvalue weighted by atomic mass is 10.1. The Morgan fingerprint density at radius 3 is 2.12 bits per heavy atom. The summed E-state index contributed by atoms with van der Waals surface area (Å²) >= 11 is 0. The van der Waals surface area contributed by atoms with Crippen molar-refractivity contribution in [2.24, 2.45) is 0 Å². The molecule has 0 spiro atoms. The summed E-state index contributed by atoms with van der Waals surface area (Å²) in [7, 11) is -3.56. The first-order chi connectivity index (χ1) is 11.5. The van der Waals surface area contributed by atoms with Crippen LogP contribution in [0.4, 0.5) is 0 Å². The standard InChI is InChI=1S/C20H21NO2S/c1-16(2)21(15-17-8-4-3-5-9-17)24(22,23)20-13-12-18-10-6-7-11-19(18)14-20/h3-14,16H,15H2,1-2H3. The van der Waals surface area contributed by atoms with Crippen LogP contribution in [0, 0.1) is 0 Å². The first-order valence-electron chi connectivity index (χ1n) is 8.03. The third kappa shape index (κ3) is 3.35. The summed E-state index contributed by atoms with van der Waals surface area (Å²) in [6.45, 7) is 4.18. The maximum Gasteiger partial charge on any atom is 0.243 e. The molecule has 0 aliphatic carbocycles. The summed E-state index contributed by atoms with van der Waals surface area (Å²) < 4.78 is 27.8. The van der Waals surface area contributed by atoms with Crippen molar-refractivity contribution in [2.45, 2.75) is 31.3 Å². The van der Waals surface area contributed by atoms with Crippen LogP contribution in [0.3, 0.4) is 0 Å². The Kier molecular flexibility index (Phi) is 4.69. The predicted octanol–water partition coefficient (Wildman–Crippen LogP) is 4.44. The molecule has 0 bridgehead atoms. The second kappa shape index (κ2) is 6.75. The summed E-state index contributed by atoms with van der Waals surface area (Å²) in [5, 5.41) is 1.97. The van der Waals surface area contributed by atoms with Crippen LogP contribution in [0.25, 0.3) is 10.8 Å². The molecular formula is C20H21NO2S. The Morgan fingerprint density at radius 1 is 0.833 bits per heavy atom. The minimum absolute atomic E-state index is 0.123. The van der Waals surface area contributed by atoms with Gasteiger partial charge in [0.05, 0.1) is 4.90 Å². The van der Waals surface area contributed by atoms with Gasteiger partial charge < -0.3 is 0 Å². The van der Waals surface area contributed by atoms with Gasteiger partial charge >= 0.3 is 0 Å². The lowest BCUT2D eigenvalue weighted by Gasteiger charge is -2.26. The van der Waals surface area contributed by atoms with Gasteiger partial charge in [0.25, 0.3) is 0 Å². The minimum Gasteiger partial charge on any atom is -0.207 e. The molecule has 3 aromatic rings. The molecule has 0 unspecified atom stereocenters. The lowest BCUT2D eigenvalue weighted by molar-refractivity contribution is 0.348. The normalized spacial score (nSPS) is 12.2. The van der Waals surface area contributed by atoms with E-state index in [4.69, 9.17) is 0 Å². The van der Waals surface area contributed by atoms with Crippen LogP contribution in [0.15, 0.2) is 77.7 Å². The molecular weight excluding hydrogens is 318 g/mol. The molecule has 0 radical (unpaired) electrons. The van der Waals surface area contributed by atoms with Crippen molar-refractivity contribution in [1.82, 2.24) is 4.31 Å². The second-order valence-electron chi connectivity index (χ2n) is 6.14. The molecule has 3 nitrogen and oxygen atoms in total. The molecule has 3 aromatic carbocycles. The highest BCUT2D eigenvalue weighted by atomic mass is 32.2. The van der Waals surface area contributed by atoms with Gasteiger partial charge in [-0.05, 0) is 42.3 Å². The van der Waals surface area contributed by atoms with E-state index < -0.39 is 10.0 Å². The van der Waals surface area contributed by atoms with Gasteiger partial charge in [0.15, 0.2) is 0 Å². The zero-order valence-corrected chi connectivity index (χ0v) is 14.7. The topological polar surface area (TPSA) is 37.4 Å². The number of benzene rings is 3. The van der Waals surface area contributed by atoms with Gasteiger partial charge in [-0.25, -0.2) is 8.42 Å². The highest BCUT2D eigenvalue weighted by Gasteiger charge is 2.27. The molecule has 24 heavy (non-hydrogen) atoms. The fourth-order valence-corrected chi connectivity index (χ4v) is 4.43. The van der Waals surface area contributed by atoms with Crippen molar-refractivity contribution in [1.29, 1.82) is 0 Å². The van der Waals surface area contributed by atoms with Gasteiger partial charge in [-0.2, -0.15) is 4.31 Å². The van der Waals surface area contributed by atoms with E-state index in [1.807, 2.05) is 74.5 Å². The molecule has 0 fully saturated rings. The number of fused-ring (bicyclic) bond motifs is 1. The molecule has 0 heterocycles. The quantitative estimate of drug-likeness (QED) is 0.689. The van der Waals surface area contributed by atoms with Crippen LogP contribution < -0.4 is 0 Å². The van der Waals surface area contributed by atoms with Crippen molar-refractivity contribution in [3.8, 4) is 0 Å². The molecule has 4 heteroatoms. The molecule has 124 valence electrons. The van der Waals surface area contributed by atoms with E-state index in [9.17, 15) is 8.42 Å². The third-order valence-electron chi connectivity index (χ3n) is 4.08. The lowest BCUT2D eigenvalue weighted by Crippen LogP contribution is -2.36. The summed E-state index contributed by atoms with van der Waals surface area (Å²) in [5.41, 5.74) is 0.982. The van der Waals surface area contributed by atoms with Crippen LogP contribution in [0.1, 0.15) is 19.4 Å². The van der Waals surface area contributed by atoms with Crippen LogP contribution in [0.5, 0.6) is 0 Å². The maximum atomic E-state index is 13.1. The van der Waals surface area contributed by atoms with Crippen molar-refractivity contribution in [2.75, 3.05) is 0 Å². The van der Waals surface area contributed by atoms with E-state index in [2.05, 4.69) is 0 Å². The molecule has 0 aliphatic rings. The van der Waals surface area contributed by atoms with Gasteiger partial charge in [0.1, 0.15) is 0 Å². The van der Waals surface area contributed by atoms with Gasteiger partial charge in [-0.3, -0.25) is 0 Å². The van der Waals surface area contributed by atoms with Gasteiger partial charge in [-0.15, -0.1) is 0 Å². The second-order valence-corrected chi connectivity index (χ2v) is 8.03. The average molecular weight is 339 g/mol. The zero-order valence-electron chi connectivity index (χ0n) is 13.9. The van der Waals surface area contributed by atoms with Crippen LogP contribution in [0.2, 0.25) is 0 Å². The first-order valence-corrected chi connectivity index (χ1v) is 9.47. The Labute approximate surface area is 143 Å². The fraction of sp³-hybridized carbons (Fsp3) is 0.200. The average Bonchev–Trinajstić information content (AvgIpc) is 2.59. The highest BCUT2D eigenvalue weighted by molar-refractivity contribution is 7.89. The smallest absolute Gasteiger partial charge is 0.207 e. The van der Waals surface area contributed by atoms with Crippen molar-refractivity contribution < 1.29 is 8.42 Å². The van der Waals surface area contributed by atoms with Gasteiger partial charge in [0.2, 0.25) is 10.0 Å². The summed E-state index contributed by atoms with van der Waals surface area (Å²) in [4.78, 5) is 0.339. The largest absolute Gasteiger partial charge is 0.243 e. The predicted molar refractivity (Wildman–Crippen MR) is 98.3 cm³/mol. The number of hydrogen-bond donors (Lipinski definition) is 0. The van der Waals surface area contributed by atoms with E-state index in [0.29, 0.717) is 11.4 Å². The summed E-state index contributed by atoms with van der Waals surface area (Å²) in [6, 6.07) is 22.7. The Morgan fingerprint density at radius 2 is 1.46 bits per heavy atom. The summed E-state index contributed by atoms with van der Waals surface area (Å²) in [6.07, 6.45) is 0.